The molecule has 2 aromatic carbocycles. The first-order valence-electron chi connectivity index (χ1n) is 8.87. The molecule has 0 saturated heterocycles. The minimum Gasteiger partial charge on any atom is -0.497 e. The molecule has 0 aliphatic carbocycles. The average Bonchev–Trinajstić information content (AvgIpc) is 2.75. The Kier molecular flexibility index (Phi) is 6.09. The average molecular weight is 391 g/mol. The van der Waals surface area contributed by atoms with Gasteiger partial charge >= 0.3 is 0 Å². The zero-order chi connectivity index (χ0) is 20.8. The monoisotopic (exact) mass is 391 g/mol. The number of benzene rings is 2. The summed E-state index contributed by atoms with van der Waals surface area (Å²) in [4.78, 5) is 28.2. The summed E-state index contributed by atoms with van der Waals surface area (Å²) in [5, 5.41) is 5.94. The number of ether oxygens (including phenoxy) is 2. The van der Waals surface area contributed by atoms with Crippen LogP contribution in [0, 0.1) is 0 Å². The van der Waals surface area contributed by atoms with E-state index in [1.165, 1.54) is 21.1 Å². The van der Waals surface area contributed by atoms with Crippen LogP contribution >= 0.6 is 0 Å². The molecule has 0 fully saturated rings. The fourth-order valence-corrected chi connectivity index (χ4v) is 2.62. The lowest BCUT2D eigenvalue weighted by atomic mass is 10.1. The molecule has 1 amide bonds. The highest BCUT2D eigenvalue weighted by Crippen LogP contribution is 2.23. The topological polar surface area (TPSA) is 89.5 Å². The summed E-state index contributed by atoms with van der Waals surface area (Å²) in [6, 6.07) is 15.6. The third-order valence-electron chi connectivity index (χ3n) is 4.20. The molecular formula is C22H21N3O4. The van der Waals surface area contributed by atoms with Crippen molar-refractivity contribution in [2.24, 2.45) is 0 Å². The van der Waals surface area contributed by atoms with E-state index in [-0.39, 0.29) is 11.7 Å². The van der Waals surface area contributed by atoms with Crippen molar-refractivity contribution < 1.29 is 19.1 Å². The standard InChI is InChI=1S/C22H21N3O4/c1-14(26)15-4-6-17(7-5-15)24-21-9-8-18(13-23-21)25-22(27)16-10-19(28-2)12-20(11-16)29-3/h4-13H,1-3H3,(H,23,24)(H,25,27). The summed E-state index contributed by atoms with van der Waals surface area (Å²) in [6.07, 6.45) is 1.56. The number of hydrogen-bond donors (Lipinski definition) is 2. The van der Waals surface area contributed by atoms with Gasteiger partial charge in [-0.3, -0.25) is 9.59 Å². The van der Waals surface area contributed by atoms with Crippen molar-refractivity contribution in [1.82, 2.24) is 4.98 Å². The number of ketones is 1. The number of carbonyl (C=O) groups excluding carboxylic acids is 2. The van der Waals surface area contributed by atoms with Crippen molar-refractivity contribution in [3.8, 4) is 11.5 Å². The molecular weight excluding hydrogens is 370 g/mol. The zero-order valence-electron chi connectivity index (χ0n) is 16.4. The van der Waals surface area contributed by atoms with Crippen LogP contribution in [0.25, 0.3) is 0 Å². The molecule has 0 aliphatic heterocycles. The van der Waals surface area contributed by atoms with Gasteiger partial charge in [0, 0.05) is 22.9 Å². The number of carbonyl (C=O) groups is 2. The summed E-state index contributed by atoms with van der Waals surface area (Å²) in [5.74, 6) is 1.39. The van der Waals surface area contributed by atoms with Crippen LogP contribution < -0.4 is 20.1 Å². The largest absolute Gasteiger partial charge is 0.497 e. The van der Waals surface area contributed by atoms with Gasteiger partial charge in [-0.2, -0.15) is 0 Å². The van der Waals surface area contributed by atoms with Crippen LogP contribution in [0.4, 0.5) is 17.2 Å². The maximum Gasteiger partial charge on any atom is 0.255 e. The maximum absolute atomic E-state index is 12.5. The lowest BCUT2D eigenvalue weighted by molar-refractivity contribution is 0.101. The molecule has 7 heteroatoms. The first-order valence-corrected chi connectivity index (χ1v) is 8.87. The van der Waals surface area contributed by atoms with Crippen LogP contribution in [0.1, 0.15) is 27.6 Å². The molecule has 0 aliphatic rings. The van der Waals surface area contributed by atoms with Crippen molar-refractivity contribution in [3.05, 3.63) is 71.9 Å². The van der Waals surface area contributed by atoms with E-state index in [0.717, 1.165) is 5.69 Å². The van der Waals surface area contributed by atoms with E-state index < -0.39 is 0 Å². The number of Topliss-reactive ketones (excluding diaryl/α,β-unsaturated/α-hetero) is 1. The second kappa shape index (κ2) is 8.88. The highest BCUT2D eigenvalue weighted by molar-refractivity contribution is 6.04. The second-order valence-corrected chi connectivity index (χ2v) is 6.25. The number of anilines is 3. The molecule has 3 rings (SSSR count). The van der Waals surface area contributed by atoms with Crippen LogP contribution in [0.5, 0.6) is 11.5 Å². The molecule has 148 valence electrons. The van der Waals surface area contributed by atoms with Gasteiger partial charge in [-0.25, -0.2) is 4.98 Å². The van der Waals surface area contributed by atoms with Gasteiger partial charge in [-0.15, -0.1) is 0 Å². The molecule has 7 nitrogen and oxygen atoms in total. The van der Waals surface area contributed by atoms with Gasteiger partial charge < -0.3 is 20.1 Å². The molecule has 0 bridgehead atoms. The summed E-state index contributed by atoms with van der Waals surface area (Å²) < 4.78 is 10.4. The number of nitrogens with one attached hydrogen (secondary N) is 2. The molecule has 0 radical (unpaired) electrons. The Morgan fingerprint density at radius 2 is 1.45 bits per heavy atom. The van der Waals surface area contributed by atoms with Crippen LogP contribution in [0.3, 0.4) is 0 Å². The molecule has 3 aromatic rings. The Bertz CT molecular complexity index is 993. The number of nitrogens with zero attached hydrogens (tertiary/aromatic N) is 1. The van der Waals surface area contributed by atoms with Crippen LogP contribution in [0.15, 0.2) is 60.8 Å². The first-order chi connectivity index (χ1) is 14.0. The van der Waals surface area contributed by atoms with Crippen molar-refractivity contribution in [3.63, 3.8) is 0 Å². The summed E-state index contributed by atoms with van der Waals surface area (Å²) in [6.45, 7) is 1.53. The number of methoxy groups -OCH3 is 2. The van der Waals surface area contributed by atoms with Gasteiger partial charge in [0.05, 0.1) is 26.1 Å². The van der Waals surface area contributed by atoms with Crippen LogP contribution in [0.2, 0.25) is 0 Å². The minimum atomic E-state index is -0.301. The molecule has 0 spiro atoms. The predicted molar refractivity (Wildman–Crippen MR) is 111 cm³/mol. The molecule has 1 heterocycles. The molecule has 2 N–H and O–H groups in total. The van der Waals surface area contributed by atoms with E-state index in [2.05, 4.69) is 15.6 Å². The Balaban J connectivity index is 1.67. The summed E-state index contributed by atoms with van der Waals surface area (Å²) >= 11 is 0. The third kappa shape index (κ3) is 5.10. The smallest absolute Gasteiger partial charge is 0.255 e. The quantitative estimate of drug-likeness (QED) is 0.584. The van der Waals surface area contributed by atoms with Crippen molar-refractivity contribution >= 4 is 28.9 Å². The number of aromatic nitrogens is 1. The van der Waals surface area contributed by atoms with E-state index in [1.54, 1.807) is 48.7 Å². The van der Waals surface area contributed by atoms with Gasteiger partial charge in [0.15, 0.2) is 5.78 Å². The highest BCUT2D eigenvalue weighted by Gasteiger charge is 2.10. The number of pyridine rings is 1. The Hall–Kier alpha value is -3.87. The van der Waals surface area contributed by atoms with Gasteiger partial charge in [-0.05, 0) is 55.5 Å². The van der Waals surface area contributed by atoms with Gasteiger partial charge in [0.2, 0.25) is 0 Å². The van der Waals surface area contributed by atoms with Gasteiger partial charge in [0.1, 0.15) is 17.3 Å². The first kappa shape index (κ1) is 19.9. The van der Waals surface area contributed by atoms with Crippen molar-refractivity contribution in [2.75, 3.05) is 24.9 Å². The third-order valence-corrected chi connectivity index (χ3v) is 4.20. The van der Waals surface area contributed by atoms with Gasteiger partial charge in [0.25, 0.3) is 5.91 Å². The minimum absolute atomic E-state index is 0.0171. The van der Waals surface area contributed by atoms with Crippen molar-refractivity contribution in [2.45, 2.75) is 6.92 Å². The lowest BCUT2D eigenvalue weighted by Crippen LogP contribution is -2.12. The summed E-state index contributed by atoms with van der Waals surface area (Å²) in [7, 11) is 3.06. The number of amides is 1. The number of rotatable bonds is 7. The Morgan fingerprint density at radius 1 is 0.828 bits per heavy atom. The second-order valence-electron chi connectivity index (χ2n) is 6.25. The maximum atomic E-state index is 12.5. The summed E-state index contributed by atoms with van der Waals surface area (Å²) in [5.41, 5.74) is 2.42. The molecule has 0 atom stereocenters. The Labute approximate surface area is 168 Å². The lowest BCUT2D eigenvalue weighted by Gasteiger charge is -2.10. The van der Waals surface area contributed by atoms with E-state index in [0.29, 0.717) is 34.1 Å². The normalized spacial score (nSPS) is 10.2. The van der Waals surface area contributed by atoms with Crippen LogP contribution in [-0.2, 0) is 0 Å². The fraction of sp³-hybridized carbons (Fsp3) is 0.136. The molecule has 29 heavy (non-hydrogen) atoms. The number of hydrogen-bond acceptors (Lipinski definition) is 6. The van der Waals surface area contributed by atoms with E-state index in [4.69, 9.17) is 9.47 Å². The fourth-order valence-electron chi connectivity index (χ4n) is 2.62. The molecule has 1 aromatic heterocycles. The molecule has 0 unspecified atom stereocenters. The molecule has 0 saturated carbocycles. The predicted octanol–water partition coefficient (Wildman–Crippen LogP) is 4.30. The van der Waals surface area contributed by atoms with Crippen molar-refractivity contribution in [1.29, 1.82) is 0 Å². The zero-order valence-corrected chi connectivity index (χ0v) is 16.4. The van der Waals surface area contributed by atoms with Gasteiger partial charge in [-0.1, -0.05) is 0 Å². The van der Waals surface area contributed by atoms with E-state index >= 15 is 0 Å². The van der Waals surface area contributed by atoms with E-state index in [1.807, 2.05) is 12.1 Å². The Morgan fingerprint density at radius 3 is 1.97 bits per heavy atom. The SMILES string of the molecule is COc1cc(OC)cc(C(=O)Nc2ccc(Nc3ccc(C(C)=O)cc3)nc2)c1. The van der Waals surface area contributed by atoms with Crippen LogP contribution in [-0.4, -0.2) is 30.9 Å². The van der Waals surface area contributed by atoms with E-state index in [9.17, 15) is 9.59 Å². The highest BCUT2D eigenvalue weighted by atomic mass is 16.5.